The fraction of sp³-hybridized carbons (Fsp3) is 0.385. The summed E-state index contributed by atoms with van der Waals surface area (Å²) in [4.78, 5) is 17.5. The third-order valence-electron chi connectivity index (χ3n) is 6.95. The van der Waals surface area contributed by atoms with Gasteiger partial charge in [-0.1, -0.05) is 6.07 Å². The lowest BCUT2D eigenvalue weighted by atomic mass is 9.70. The Morgan fingerprint density at radius 2 is 1.79 bits per heavy atom. The van der Waals surface area contributed by atoms with Crippen LogP contribution in [0, 0.1) is 24.1 Å². The summed E-state index contributed by atoms with van der Waals surface area (Å²) >= 11 is 0. The highest BCUT2D eigenvalue weighted by Gasteiger charge is 2.48. The van der Waals surface area contributed by atoms with Gasteiger partial charge in [0.1, 0.15) is 5.82 Å². The molecule has 2 aliphatic rings. The van der Waals surface area contributed by atoms with E-state index in [1.807, 2.05) is 19.1 Å². The predicted molar refractivity (Wildman–Crippen MR) is 121 cm³/mol. The van der Waals surface area contributed by atoms with Crippen LogP contribution in [-0.2, 0) is 21.3 Å². The van der Waals surface area contributed by atoms with Crippen molar-refractivity contribution in [2.24, 2.45) is 0 Å². The first kappa shape index (κ1) is 22.4. The Morgan fingerprint density at radius 3 is 2.41 bits per heavy atom. The van der Waals surface area contributed by atoms with E-state index in [4.69, 9.17) is 9.47 Å². The summed E-state index contributed by atoms with van der Waals surface area (Å²) in [6, 6.07) is 12.2. The van der Waals surface area contributed by atoms with Gasteiger partial charge in [0.25, 0.3) is 0 Å². The van der Waals surface area contributed by atoms with E-state index in [-0.39, 0.29) is 18.0 Å². The quantitative estimate of drug-likeness (QED) is 0.530. The van der Waals surface area contributed by atoms with Crippen molar-refractivity contribution in [2.45, 2.75) is 50.2 Å². The summed E-state index contributed by atoms with van der Waals surface area (Å²) in [7, 11) is 0. The summed E-state index contributed by atoms with van der Waals surface area (Å²) < 4.78 is 26.4. The van der Waals surface area contributed by atoms with Gasteiger partial charge in [0, 0.05) is 25.5 Å². The van der Waals surface area contributed by atoms with Crippen molar-refractivity contribution in [3.63, 3.8) is 0 Å². The molecule has 0 unspecified atom stereocenters. The molecule has 1 aliphatic heterocycles. The number of nitriles is 1. The summed E-state index contributed by atoms with van der Waals surface area (Å²) in [5, 5.41) is 14.3. The predicted octanol–water partition coefficient (Wildman–Crippen LogP) is 4.22. The van der Waals surface area contributed by atoms with E-state index in [0.717, 1.165) is 11.3 Å². The number of hydrogen-bond acceptors (Lipinski definition) is 6. The maximum absolute atomic E-state index is 13.2. The Bertz CT molecular complexity index is 1230. The lowest BCUT2D eigenvalue weighted by Gasteiger charge is -2.39. The van der Waals surface area contributed by atoms with Crippen molar-refractivity contribution in [2.75, 3.05) is 13.2 Å². The molecular formula is C26H25FN4O3. The molecule has 0 atom stereocenters. The second-order valence-electron chi connectivity index (χ2n) is 8.99. The van der Waals surface area contributed by atoms with E-state index in [9.17, 15) is 14.4 Å². The first-order valence-electron chi connectivity index (χ1n) is 11.4. The average Bonchev–Trinajstić information content (AvgIpc) is 3.48. The molecule has 7 nitrogen and oxygen atoms in total. The molecule has 8 heteroatoms. The van der Waals surface area contributed by atoms with Crippen molar-refractivity contribution in [3.8, 4) is 11.8 Å². The Labute approximate surface area is 197 Å². The first-order valence-corrected chi connectivity index (χ1v) is 11.4. The van der Waals surface area contributed by atoms with Gasteiger partial charge in [-0.05, 0) is 55.7 Å². The highest BCUT2D eigenvalue weighted by Crippen LogP contribution is 2.45. The van der Waals surface area contributed by atoms with Crippen LogP contribution in [0.25, 0.3) is 5.69 Å². The van der Waals surface area contributed by atoms with Crippen molar-refractivity contribution in [1.82, 2.24) is 14.8 Å². The maximum atomic E-state index is 13.2. The van der Waals surface area contributed by atoms with Gasteiger partial charge in [0.2, 0.25) is 0 Å². The van der Waals surface area contributed by atoms with Crippen molar-refractivity contribution < 1.29 is 18.7 Å². The van der Waals surface area contributed by atoms with Gasteiger partial charge >= 0.3 is 0 Å². The van der Waals surface area contributed by atoms with Gasteiger partial charge in [-0.15, -0.1) is 0 Å². The average molecular weight is 461 g/mol. The number of aromatic nitrogens is 3. The topological polar surface area (TPSA) is 90.0 Å². The van der Waals surface area contributed by atoms with Crippen LogP contribution in [0.5, 0.6) is 0 Å². The number of carbonyl (C=O) groups excluding carboxylic acids is 1. The van der Waals surface area contributed by atoms with Crippen LogP contribution in [0.1, 0.15) is 53.0 Å². The van der Waals surface area contributed by atoms with Crippen molar-refractivity contribution in [1.29, 1.82) is 5.26 Å². The van der Waals surface area contributed by atoms with Crippen LogP contribution < -0.4 is 0 Å². The molecule has 0 amide bonds. The number of ketones is 1. The number of halogens is 1. The largest absolute Gasteiger partial charge is 0.348 e. The SMILES string of the molecule is Cc1c(C(=O)Cc2ccc(C3(C#N)CCC4(CC3)OCCO4)nc2)cnn1-c1ccc(F)cc1. The van der Waals surface area contributed by atoms with Crippen molar-refractivity contribution >= 4 is 5.78 Å². The second-order valence-corrected chi connectivity index (χ2v) is 8.99. The summed E-state index contributed by atoms with van der Waals surface area (Å²) in [5.41, 5.74) is 2.71. The number of Topliss-reactive ketones (excluding diaryl/α,β-unsaturated/α-hetero) is 1. The van der Waals surface area contributed by atoms with Gasteiger partial charge in [-0.3, -0.25) is 9.78 Å². The van der Waals surface area contributed by atoms with Crippen LogP contribution >= 0.6 is 0 Å². The molecule has 0 radical (unpaired) electrons. The first-order chi connectivity index (χ1) is 16.4. The van der Waals surface area contributed by atoms with Crippen LogP contribution in [0.4, 0.5) is 4.39 Å². The van der Waals surface area contributed by atoms with E-state index >= 15 is 0 Å². The Hall–Kier alpha value is -3.41. The minimum Gasteiger partial charge on any atom is -0.348 e. The van der Waals surface area contributed by atoms with E-state index in [2.05, 4.69) is 16.2 Å². The van der Waals surface area contributed by atoms with Gasteiger partial charge in [0.15, 0.2) is 11.6 Å². The minimum atomic E-state index is -0.671. The standard InChI is InChI=1S/C26H25FN4O3/c1-18-22(16-30-31(18)21-5-3-20(27)4-6-21)23(32)14-19-2-7-24(29-15-19)25(17-28)8-10-26(11-9-25)33-12-13-34-26/h2-7,15-16H,8-14H2,1H3. The third kappa shape index (κ3) is 4.02. The number of benzene rings is 1. The molecule has 3 heterocycles. The zero-order chi connectivity index (χ0) is 23.8. The molecule has 0 bridgehead atoms. The highest BCUT2D eigenvalue weighted by atomic mass is 19.1. The molecule has 1 aromatic carbocycles. The summed E-state index contributed by atoms with van der Waals surface area (Å²) in [6.45, 7) is 3.01. The molecule has 3 aromatic rings. The van der Waals surface area contributed by atoms with E-state index in [1.165, 1.54) is 12.1 Å². The summed E-state index contributed by atoms with van der Waals surface area (Å²) in [6.07, 6.45) is 5.97. The van der Waals surface area contributed by atoms with E-state index in [0.29, 0.717) is 55.8 Å². The number of hydrogen-bond donors (Lipinski definition) is 0. The van der Waals surface area contributed by atoms with Crippen LogP contribution in [0.2, 0.25) is 0 Å². The molecule has 0 N–H and O–H groups in total. The lowest BCUT2D eigenvalue weighted by molar-refractivity contribution is -0.182. The zero-order valence-electron chi connectivity index (χ0n) is 19.0. The molecule has 1 spiro atoms. The lowest BCUT2D eigenvalue weighted by Crippen LogP contribution is -2.41. The van der Waals surface area contributed by atoms with Crippen LogP contribution in [0.3, 0.4) is 0 Å². The third-order valence-corrected chi connectivity index (χ3v) is 6.95. The van der Waals surface area contributed by atoms with Crippen molar-refractivity contribution in [3.05, 3.63) is 77.1 Å². The van der Waals surface area contributed by atoms with Crippen LogP contribution in [0.15, 0.2) is 48.8 Å². The number of pyridine rings is 1. The van der Waals surface area contributed by atoms with Crippen LogP contribution in [-0.4, -0.2) is 39.5 Å². The molecule has 174 valence electrons. The van der Waals surface area contributed by atoms with E-state index in [1.54, 1.807) is 29.2 Å². The number of nitrogens with zero attached hydrogens (tertiary/aromatic N) is 4. The Kier molecular flexibility index (Phi) is 5.76. The van der Waals surface area contributed by atoms with Gasteiger partial charge in [0.05, 0.1) is 53.5 Å². The molecule has 1 saturated heterocycles. The fourth-order valence-electron chi connectivity index (χ4n) is 4.89. The van der Waals surface area contributed by atoms with E-state index < -0.39 is 11.2 Å². The highest BCUT2D eigenvalue weighted by molar-refractivity contribution is 5.98. The molecule has 2 fully saturated rings. The fourth-order valence-corrected chi connectivity index (χ4v) is 4.89. The monoisotopic (exact) mass is 460 g/mol. The molecule has 2 aromatic heterocycles. The van der Waals surface area contributed by atoms with Gasteiger partial charge < -0.3 is 9.47 Å². The number of carbonyl (C=O) groups is 1. The van der Waals surface area contributed by atoms with Gasteiger partial charge in [-0.2, -0.15) is 10.4 Å². The number of rotatable bonds is 5. The molecule has 1 aliphatic carbocycles. The maximum Gasteiger partial charge on any atom is 0.170 e. The zero-order valence-corrected chi connectivity index (χ0v) is 19.0. The molecule has 5 rings (SSSR count). The molecule has 1 saturated carbocycles. The Morgan fingerprint density at radius 1 is 1.09 bits per heavy atom. The normalized spacial score (nSPS) is 18.6. The summed E-state index contributed by atoms with van der Waals surface area (Å²) in [5.74, 6) is -0.944. The molecule has 34 heavy (non-hydrogen) atoms. The smallest absolute Gasteiger partial charge is 0.170 e. The molecular weight excluding hydrogens is 435 g/mol. The number of ether oxygens (including phenoxy) is 2. The second kappa shape index (κ2) is 8.75. The van der Waals surface area contributed by atoms with Gasteiger partial charge in [-0.25, -0.2) is 9.07 Å². The minimum absolute atomic E-state index is 0.0782. The Balaban J connectivity index is 1.29.